The molecule has 0 fully saturated rings. The Hall–Kier alpha value is -1.06. The van der Waals surface area contributed by atoms with Crippen molar-refractivity contribution in [1.29, 1.82) is 0 Å². The smallest absolute Gasteiger partial charge is 0.0434 e. The zero-order chi connectivity index (χ0) is 13.4. The molecule has 0 saturated carbocycles. The molecule has 0 aliphatic heterocycles. The third-order valence-corrected chi connectivity index (χ3v) is 2.66. The van der Waals surface area contributed by atoms with Gasteiger partial charge in [-0.3, -0.25) is 0 Å². The number of hydrogen-bond acceptors (Lipinski definition) is 3. The molecule has 0 spiro atoms. The maximum absolute atomic E-state index is 8.82. The Morgan fingerprint density at radius 2 is 1.94 bits per heavy atom. The molecule has 3 nitrogen and oxygen atoms in total. The van der Waals surface area contributed by atoms with Gasteiger partial charge in [0.25, 0.3) is 0 Å². The van der Waals surface area contributed by atoms with Gasteiger partial charge in [-0.1, -0.05) is 12.1 Å². The lowest BCUT2D eigenvalue weighted by molar-refractivity contribution is 0.288. The minimum atomic E-state index is 0.171. The topological polar surface area (TPSA) is 44.3 Å². The van der Waals surface area contributed by atoms with Crippen molar-refractivity contribution in [3.63, 3.8) is 0 Å². The molecule has 0 aliphatic carbocycles. The number of aliphatic hydroxyl groups excluding tert-OH is 1. The lowest BCUT2D eigenvalue weighted by atomic mass is 10.1. The van der Waals surface area contributed by atoms with Gasteiger partial charge in [0, 0.05) is 30.9 Å². The van der Waals surface area contributed by atoms with E-state index in [2.05, 4.69) is 55.7 Å². The van der Waals surface area contributed by atoms with Gasteiger partial charge in [0.2, 0.25) is 0 Å². The van der Waals surface area contributed by atoms with Crippen LogP contribution in [0.2, 0.25) is 0 Å². The maximum Gasteiger partial charge on any atom is 0.0434 e. The third kappa shape index (κ3) is 6.62. The minimum Gasteiger partial charge on any atom is -0.396 e. The average Bonchev–Trinajstić information content (AvgIpc) is 2.31. The lowest BCUT2D eigenvalue weighted by Gasteiger charge is -2.20. The van der Waals surface area contributed by atoms with Gasteiger partial charge in [-0.15, -0.1) is 0 Å². The molecule has 102 valence electrons. The predicted octanol–water partition coefficient (Wildman–Crippen LogP) is 2.41. The van der Waals surface area contributed by atoms with Gasteiger partial charge < -0.3 is 15.7 Å². The van der Waals surface area contributed by atoms with E-state index in [9.17, 15) is 0 Å². The lowest BCUT2D eigenvalue weighted by Crippen LogP contribution is -2.38. The minimum absolute atomic E-state index is 0.171. The second-order valence-electron chi connectivity index (χ2n) is 5.63. The van der Waals surface area contributed by atoms with Crippen LogP contribution < -0.4 is 10.6 Å². The van der Waals surface area contributed by atoms with Crippen LogP contribution in [0, 0.1) is 0 Å². The van der Waals surface area contributed by atoms with Crippen molar-refractivity contribution in [3.05, 3.63) is 29.8 Å². The van der Waals surface area contributed by atoms with E-state index >= 15 is 0 Å². The first-order valence-electron chi connectivity index (χ1n) is 6.70. The fourth-order valence-corrected chi connectivity index (χ4v) is 1.76. The highest BCUT2D eigenvalue weighted by Gasteiger charge is 2.06. The van der Waals surface area contributed by atoms with E-state index in [-0.39, 0.29) is 12.1 Å². The predicted molar refractivity (Wildman–Crippen MR) is 78.1 cm³/mol. The number of aryl methyl sites for hydroxylation is 1. The van der Waals surface area contributed by atoms with Crippen LogP contribution >= 0.6 is 0 Å². The van der Waals surface area contributed by atoms with E-state index in [4.69, 9.17) is 5.11 Å². The third-order valence-electron chi connectivity index (χ3n) is 2.66. The van der Waals surface area contributed by atoms with E-state index in [0.29, 0.717) is 0 Å². The maximum atomic E-state index is 8.82. The normalized spacial score (nSPS) is 11.6. The summed E-state index contributed by atoms with van der Waals surface area (Å²) in [5.74, 6) is 0. The van der Waals surface area contributed by atoms with Crippen molar-refractivity contribution in [1.82, 2.24) is 5.32 Å². The Balaban J connectivity index is 2.33. The molecule has 0 radical (unpaired) electrons. The molecule has 1 aromatic rings. The summed E-state index contributed by atoms with van der Waals surface area (Å²) in [6.45, 7) is 8.63. The van der Waals surface area contributed by atoms with Gasteiger partial charge >= 0.3 is 0 Å². The molecular formula is C15H26N2O. The van der Waals surface area contributed by atoms with Crippen LogP contribution in [0.5, 0.6) is 0 Å². The van der Waals surface area contributed by atoms with E-state index < -0.39 is 0 Å². The summed E-state index contributed by atoms with van der Waals surface area (Å²) in [5, 5.41) is 15.7. The van der Waals surface area contributed by atoms with Crippen LogP contribution in [0.1, 0.15) is 32.8 Å². The second-order valence-corrected chi connectivity index (χ2v) is 5.63. The first kappa shape index (κ1) is 15.0. The molecule has 0 heterocycles. The van der Waals surface area contributed by atoms with Crippen LogP contribution in [-0.2, 0) is 6.42 Å². The van der Waals surface area contributed by atoms with Crippen molar-refractivity contribution >= 4 is 5.69 Å². The standard InChI is InChI=1S/C15H26N2O/c1-15(2,3)17-10-9-16-14-8-4-6-13(12-14)7-5-11-18/h4,6,8,12,16-18H,5,7,9-11H2,1-3H3. The van der Waals surface area contributed by atoms with Crippen LogP contribution in [0.3, 0.4) is 0 Å². The average molecular weight is 250 g/mol. The van der Waals surface area contributed by atoms with Gasteiger partial charge in [0.1, 0.15) is 0 Å². The molecule has 0 bridgehead atoms. The quantitative estimate of drug-likeness (QED) is 0.651. The summed E-state index contributed by atoms with van der Waals surface area (Å²) < 4.78 is 0. The zero-order valence-corrected chi connectivity index (χ0v) is 11.8. The number of aliphatic hydroxyl groups is 1. The van der Waals surface area contributed by atoms with Crippen LogP contribution in [0.25, 0.3) is 0 Å². The monoisotopic (exact) mass is 250 g/mol. The molecule has 0 aromatic heterocycles. The largest absolute Gasteiger partial charge is 0.396 e. The Bertz CT molecular complexity index is 345. The van der Waals surface area contributed by atoms with Gasteiger partial charge in [0.15, 0.2) is 0 Å². The molecule has 1 aromatic carbocycles. The van der Waals surface area contributed by atoms with Crippen molar-refractivity contribution in [3.8, 4) is 0 Å². The summed E-state index contributed by atoms with van der Waals surface area (Å²) in [5.41, 5.74) is 2.60. The molecule has 0 aliphatic rings. The fraction of sp³-hybridized carbons (Fsp3) is 0.600. The van der Waals surface area contributed by atoms with E-state index in [1.54, 1.807) is 0 Å². The highest BCUT2D eigenvalue weighted by atomic mass is 16.2. The summed E-state index contributed by atoms with van der Waals surface area (Å²) in [6, 6.07) is 8.41. The SMILES string of the molecule is CC(C)(C)NCCNc1cccc(CCCO)c1. The molecule has 0 unspecified atom stereocenters. The molecule has 0 atom stereocenters. The van der Waals surface area contributed by atoms with E-state index in [0.717, 1.165) is 31.6 Å². The van der Waals surface area contributed by atoms with Crippen LogP contribution in [0.4, 0.5) is 5.69 Å². The number of nitrogens with one attached hydrogen (secondary N) is 2. The molecule has 0 saturated heterocycles. The molecule has 1 rings (SSSR count). The summed E-state index contributed by atoms with van der Waals surface area (Å²) >= 11 is 0. The molecule has 3 N–H and O–H groups in total. The Labute approximate surface area is 111 Å². The Morgan fingerprint density at radius 3 is 2.61 bits per heavy atom. The van der Waals surface area contributed by atoms with Crippen molar-refractivity contribution < 1.29 is 5.11 Å². The van der Waals surface area contributed by atoms with E-state index in [1.165, 1.54) is 5.56 Å². The number of anilines is 1. The highest BCUT2D eigenvalue weighted by Crippen LogP contribution is 2.11. The van der Waals surface area contributed by atoms with Crippen molar-refractivity contribution in [2.24, 2.45) is 0 Å². The number of benzene rings is 1. The Morgan fingerprint density at radius 1 is 1.17 bits per heavy atom. The molecule has 0 amide bonds. The van der Waals surface area contributed by atoms with Gasteiger partial charge in [-0.05, 0) is 51.3 Å². The van der Waals surface area contributed by atoms with E-state index in [1.807, 2.05) is 0 Å². The number of hydrogen-bond donors (Lipinski definition) is 3. The zero-order valence-electron chi connectivity index (χ0n) is 11.8. The van der Waals surface area contributed by atoms with Gasteiger partial charge in [-0.2, -0.15) is 0 Å². The summed E-state index contributed by atoms with van der Waals surface area (Å²) in [6.07, 6.45) is 1.77. The van der Waals surface area contributed by atoms with Crippen molar-refractivity contribution in [2.45, 2.75) is 39.2 Å². The second kappa shape index (κ2) is 7.39. The van der Waals surface area contributed by atoms with Crippen LogP contribution in [-0.4, -0.2) is 30.3 Å². The summed E-state index contributed by atoms with van der Waals surface area (Å²) in [7, 11) is 0. The first-order valence-corrected chi connectivity index (χ1v) is 6.70. The van der Waals surface area contributed by atoms with Gasteiger partial charge in [-0.25, -0.2) is 0 Å². The first-order chi connectivity index (χ1) is 8.51. The van der Waals surface area contributed by atoms with Crippen molar-refractivity contribution in [2.75, 3.05) is 25.0 Å². The van der Waals surface area contributed by atoms with Gasteiger partial charge in [0.05, 0.1) is 0 Å². The Kier molecular flexibility index (Phi) is 6.16. The fourth-order valence-electron chi connectivity index (χ4n) is 1.76. The van der Waals surface area contributed by atoms with Crippen LogP contribution in [0.15, 0.2) is 24.3 Å². The number of rotatable bonds is 7. The summed E-state index contributed by atoms with van der Waals surface area (Å²) in [4.78, 5) is 0. The molecule has 3 heteroatoms. The molecule has 18 heavy (non-hydrogen) atoms. The molecular weight excluding hydrogens is 224 g/mol. The highest BCUT2D eigenvalue weighted by molar-refractivity contribution is 5.45.